The zero-order chi connectivity index (χ0) is 36.8. The lowest BCUT2D eigenvalue weighted by atomic mass is 9.88. The second kappa shape index (κ2) is 12.0. The van der Waals surface area contributed by atoms with Crippen molar-refractivity contribution in [3.63, 3.8) is 0 Å². The van der Waals surface area contributed by atoms with Crippen LogP contribution in [0.1, 0.15) is 42.4 Å². The van der Waals surface area contributed by atoms with Crippen molar-refractivity contribution in [2.45, 2.75) is 55.8 Å². The third-order valence-corrected chi connectivity index (χ3v) is 12.8. The van der Waals surface area contributed by atoms with Gasteiger partial charge in [-0.3, -0.25) is 4.90 Å². The molecule has 272 valence electrons. The standard InChI is InChI=1S/C32H28F8N6O3S2/c1-45(16-5-8-51(47,48)13-16)28-18-9-20(31(35,36)37)23(17-3-4-21(34)26-22(17)19(11-41)27(42)50-26)24(32(38,39)40)25(18)43-29(44-28)49-14-30-6-2-7-46(30)12-15(33)10-30/h3-4,9,15-16H,2,5-8,10,12-14,42H2,1H3/t15-,16+,30+/m1/s1. The van der Waals surface area contributed by atoms with Gasteiger partial charge in [0.2, 0.25) is 0 Å². The number of ether oxygens (including phenoxy) is 1. The van der Waals surface area contributed by atoms with Crippen molar-refractivity contribution in [3.8, 4) is 23.2 Å². The molecule has 2 aromatic carbocycles. The number of benzene rings is 2. The van der Waals surface area contributed by atoms with Crippen LogP contribution in [0.5, 0.6) is 6.01 Å². The van der Waals surface area contributed by atoms with Gasteiger partial charge in [0, 0.05) is 42.4 Å². The number of alkyl halides is 7. The number of fused-ring (bicyclic) bond motifs is 3. The highest BCUT2D eigenvalue weighted by atomic mass is 32.2. The van der Waals surface area contributed by atoms with Crippen LogP contribution in [0.25, 0.3) is 32.1 Å². The maximum absolute atomic E-state index is 15.4. The van der Waals surface area contributed by atoms with Gasteiger partial charge >= 0.3 is 18.4 Å². The fraction of sp³-hybridized carbons (Fsp3) is 0.469. The summed E-state index contributed by atoms with van der Waals surface area (Å²) in [5, 5.41) is 8.26. The predicted octanol–water partition coefficient (Wildman–Crippen LogP) is 6.72. The van der Waals surface area contributed by atoms with Gasteiger partial charge in [-0.25, -0.2) is 17.2 Å². The molecule has 0 radical (unpaired) electrons. The lowest BCUT2D eigenvalue weighted by Gasteiger charge is -2.31. The van der Waals surface area contributed by atoms with E-state index < -0.39 is 112 Å². The van der Waals surface area contributed by atoms with Gasteiger partial charge in [-0.05, 0) is 43.5 Å². The van der Waals surface area contributed by atoms with Crippen LogP contribution >= 0.6 is 11.3 Å². The van der Waals surface area contributed by atoms with Gasteiger partial charge in [0.15, 0.2) is 9.84 Å². The lowest BCUT2D eigenvalue weighted by molar-refractivity contribution is -0.141. The van der Waals surface area contributed by atoms with Crippen molar-refractivity contribution < 1.29 is 48.3 Å². The van der Waals surface area contributed by atoms with E-state index >= 15 is 26.3 Å². The molecule has 0 aliphatic carbocycles. The first kappa shape index (κ1) is 35.4. The molecule has 0 unspecified atom stereocenters. The molecule has 3 aliphatic heterocycles. The monoisotopic (exact) mass is 760 g/mol. The zero-order valence-corrected chi connectivity index (χ0v) is 28.3. The molecule has 3 atom stereocenters. The number of halogens is 8. The number of hydrogen-bond donors (Lipinski definition) is 1. The molecule has 0 saturated carbocycles. The van der Waals surface area contributed by atoms with E-state index in [-0.39, 0.29) is 36.7 Å². The van der Waals surface area contributed by atoms with Crippen molar-refractivity contribution in [3.05, 3.63) is 40.7 Å². The third kappa shape index (κ3) is 5.98. The molecule has 0 amide bonds. The number of hydrogen-bond acceptors (Lipinski definition) is 10. The second-order valence-electron chi connectivity index (χ2n) is 13.2. The van der Waals surface area contributed by atoms with Crippen molar-refractivity contribution in [1.29, 1.82) is 5.26 Å². The quantitative estimate of drug-likeness (QED) is 0.213. The van der Waals surface area contributed by atoms with Gasteiger partial charge < -0.3 is 15.4 Å². The number of nitrogen functional groups attached to an aromatic ring is 1. The Hall–Kier alpha value is -4.02. The Labute approximate surface area is 289 Å². The lowest BCUT2D eigenvalue weighted by Crippen LogP contribution is -2.43. The molecule has 5 heterocycles. The summed E-state index contributed by atoms with van der Waals surface area (Å²) in [6.07, 6.45) is -10.8. The highest BCUT2D eigenvalue weighted by molar-refractivity contribution is 7.91. The first-order chi connectivity index (χ1) is 23.8. The van der Waals surface area contributed by atoms with Crippen molar-refractivity contribution >= 4 is 53.0 Å². The molecular weight excluding hydrogens is 733 g/mol. The number of nitrogens with two attached hydrogens (primary N) is 1. The molecule has 3 fully saturated rings. The predicted molar refractivity (Wildman–Crippen MR) is 173 cm³/mol. The summed E-state index contributed by atoms with van der Waals surface area (Å²) >= 11 is 0.503. The molecule has 2 N–H and O–H groups in total. The first-order valence-electron chi connectivity index (χ1n) is 15.7. The minimum absolute atomic E-state index is 0.0247. The summed E-state index contributed by atoms with van der Waals surface area (Å²) in [4.78, 5) is 11.4. The Balaban J connectivity index is 1.54. The molecule has 51 heavy (non-hydrogen) atoms. The van der Waals surface area contributed by atoms with E-state index in [1.165, 1.54) is 11.9 Å². The molecular formula is C32H28F8N6O3S2. The van der Waals surface area contributed by atoms with Crippen LogP contribution in [-0.2, 0) is 22.2 Å². The Bertz CT molecular complexity index is 2240. The molecule has 4 aromatic rings. The average molecular weight is 761 g/mol. The fourth-order valence-electron chi connectivity index (χ4n) is 7.75. The van der Waals surface area contributed by atoms with E-state index in [1.807, 2.05) is 4.90 Å². The smallest absolute Gasteiger partial charge is 0.419 e. The topological polar surface area (TPSA) is 125 Å². The van der Waals surface area contributed by atoms with Gasteiger partial charge in [-0.15, -0.1) is 11.3 Å². The Morgan fingerprint density at radius 1 is 1.20 bits per heavy atom. The molecule has 9 nitrogen and oxygen atoms in total. The summed E-state index contributed by atoms with van der Waals surface area (Å²) in [6.45, 7) is 0.475. The minimum Gasteiger partial charge on any atom is -0.461 e. The number of anilines is 2. The highest BCUT2D eigenvalue weighted by Crippen LogP contribution is 2.52. The van der Waals surface area contributed by atoms with E-state index in [2.05, 4.69) is 9.97 Å². The molecule has 0 bridgehead atoms. The molecule has 0 spiro atoms. The molecule has 3 saturated heterocycles. The van der Waals surface area contributed by atoms with E-state index in [1.54, 1.807) is 6.07 Å². The zero-order valence-electron chi connectivity index (χ0n) is 26.6. The van der Waals surface area contributed by atoms with Crippen LogP contribution < -0.4 is 15.4 Å². The van der Waals surface area contributed by atoms with Gasteiger partial charge in [0.25, 0.3) is 0 Å². The van der Waals surface area contributed by atoms with E-state index in [4.69, 9.17) is 10.5 Å². The number of rotatable bonds is 6. The van der Waals surface area contributed by atoms with Crippen LogP contribution in [0.4, 0.5) is 45.9 Å². The molecule has 3 aliphatic rings. The van der Waals surface area contributed by atoms with E-state index in [0.29, 0.717) is 42.9 Å². The van der Waals surface area contributed by atoms with Gasteiger partial charge in [-0.1, -0.05) is 6.07 Å². The number of sulfone groups is 1. The summed E-state index contributed by atoms with van der Waals surface area (Å²) in [6, 6.07) is 2.03. The van der Waals surface area contributed by atoms with Gasteiger partial charge in [0.1, 0.15) is 35.5 Å². The second-order valence-corrected chi connectivity index (χ2v) is 16.5. The summed E-state index contributed by atoms with van der Waals surface area (Å²) in [5.41, 5.74) is -2.24. The van der Waals surface area contributed by atoms with Crippen molar-refractivity contribution in [1.82, 2.24) is 14.9 Å². The SMILES string of the molecule is CN(c1nc(OC[C@@]23CCCN2C[C@H](F)C3)nc2c(C(F)(F)F)c(-c3ccc(F)c4sc(N)c(C#N)c34)c(C(F)(F)F)cc12)[C@H]1CCS(=O)(=O)C1. The Kier molecular flexibility index (Phi) is 8.34. The van der Waals surface area contributed by atoms with Crippen LogP contribution in [0.2, 0.25) is 0 Å². The largest absolute Gasteiger partial charge is 0.461 e. The summed E-state index contributed by atoms with van der Waals surface area (Å²) in [7, 11) is -2.26. The molecule has 2 aromatic heterocycles. The summed E-state index contributed by atoms with van der Waals surface area (Å²) in [5.74, 6) is -2.14. The minimum atomic E-state index is -5.55. The molecule has 7 rings (SSSR count). The Morgan fingerprint density at radius 2 is 1.94 bits per heavy atom. The number of thiophene rings is 1. The normalized spacial score (nSPS) is 23.6. The average Bonchev–Trinajstić information content (AvgIpc) is 3.77. The third-order valence-electron chi connectivity index (χ3n) is 10.1. The van der Waals surface area contributed by atoms with E-state index in [9.17, 15) is 22.5 Å². The van der Waals surface area contributed by atoms with Crippen LogP contribution in [0.15, 0.2) is 18.2 Å². The number of nitrogens with zero attached hydrogens (tertiary/aromatic N) is 5. The van der Waals surface area contributed by atoms with Crippen LogP contribution in [-0.4, -0.2) is 79.3 Å². The molecule has 19 heteroatoms. The summed E-state index contributed by atoms with van der Waals surface area (Å²) < 4.78 is 151. The number of aromatic nitrogens is 2. The highest BCUT2D eigenvalue weighted by Gasteiger charge is 2.50. The van der Waals surface area contributed by atoms with Gasteiger partial charge in [0.05, 0.1) is 44.0 Å². The number of nitriles is 1. The van der Waals surface area contributed by atoms with Crippen molar-refractivity contribution in [2.24, 2.45) is 0 Å². The van der Waals surface area contributed by atoms with Crippen LogP contribution in [0.3, 0.4) is 0 Å². The maximum atomic E-state index is 15.4. The maximum Gasteiger partial charge on any atom is 0.419 e. The fourth-order valence-corrected chi connectivity index (χ4v) is 10.5. The first-order valence-corrected chi connectivity index (χ1v) is 18.4. The van der Waals surface area contributed by atoms with Gasteiger partial charge in [-0.2, -0.15) is 41.6 Å². The Morgan fingerprint density at radius 3 is 2.59 bits per heavy atom. The van der Waals surface area contributed by atoms with Crippen LogP contribution in [0, 0.1) is 17.1 Å². The van der Waals surface area contributed by atoms with Crippen molar-refractivity contribution in [2.75, 3.05) is 48.9 Å². The van der Waals surface area contributed by atoms with E-state index in [0.717, 1.165) is 6.07 Å².